The van der Waals surface area contributed by atoms with Gasteiger partial charge in [-0.1, -0.05) is 57.9 Å². The maximum absolute atomic E-state index is 14.3. The molecule has 3 aromatic rings. The fourth-order valence-corrected chi connectivity index (χ4v) is 3.78. The van der Waals surface area contributed by atoms with E-state index in [9.17, 15) is 9.18 Å². The second-order valence-corrected chi connectivity index (χ2v) is 8.13. The Hall–Kier alpha value is -2.91. The Morgan fingerprint density at radius 2 is 2.03 bits per heavy atom. The maximum atomic E-state index is 14.3. The van der Waals surface area contributed by atoms with E-state index in [4.69, 9.17) is 9.26 Å². The van der Waals surface area contributed by atoms with Crippen molar-refractivity contribution in [3.05, 3.63) is 75.7 Å². The Labute approximate surface area is 182 Å². The van der Waals surface area contributed by atoms with Gasteiger partial charge in [-0.05, 0) is 43.2 Å². The predicted octanol–water partition coefficient (Wildman–Crippen LogP) is 6.14. The Bertz CT molecular complexity index is 1120. The van der Waals surface area contributed by atoms with Crippen LogP contribution in [0, 0.1) is 23.6 Å². The van der Waals surface area contributed by atoms with Crippen LogP contribution in [0.15, 0.2) is 57.5 Å². The number of ether oxygens (including phenoxy) is 1. The third-order valence-corrected chi connectivity index (χ3v) is 5.49. The van der Waals surface area contributed by atoms with Crippen LogP contribution >= 0.6 is 15.9 Å². The quantitative estimate of drug-likeness (QED) is 0.341. The van der Waals surface area contributed by atoms with E-state index >= 15 is 0 Å². The minimum absolute atomic E-state index is 0.0926. The normalized spacial score (nSPS) is 13.7. The molecule has 1 aliphatic rings. The Kier molecular flexibility index (Phi) is 6.29. The van der Waals surface area contributed by atoms with Gasteiger partial charge in [-0.25, -0.2) is 9.18 Å². The van der Waals surface area contributed by atoms with Crippen LogP contribution < -0.4 is 0 Å². The van der Waals surface area contributed by atoms with Gasteiger partial charge in [-0.15, -0.1) is 0 Å². The summed E-state index contributed by atoms with van der Waals surface area (Å²) in [5.74, 6) is 5.61. The van der Waals surface area contributed by atoms with E-state index in [2.05, 4.69) is 32.9 Å². The fraction of sp³-hybridized carbons (Fsp3) is 0.250. The van der Waals surface area contributed by atoms with Gasteiger partial charge in [-0.3, -0.25) is 0 Å². The zero-order valence-electron chi connectivity index (χ0n) is 16.2. The molecule has 1 saturated carbocycles. The lowest BCUT2D eigenvalue weighted by molar-refractivity contribution is 0.0437. The van der Waals surface area contributed by atoms with Crippen LogP contribution in [0.2, 0.25) is 0 Å². The summed E-state index contributed by atoms with van der Waals surface area (Å²) in [6.07, 6.45) is 4.51. The summed E-state index contributed by atoms with van der Waals surface area (Å²) in [7, 11) is 0. The molecule has 1 heterocycles. The van der Waals surface area contributed by atoms with E-state index in [0.29, 0.717) is 22.9 Å². The molecule has 4 nitrogen and oxygen atoms in total. The van der Waals surface area contributed by atoms with E-state index in [1.807, 2.05) is 24.3 Å². The highest BCUT2D eigenvalue weighted by Gasteiger charge is 2.14. The van der Waals surface area contributed by atoms with Crippen LogP contribution in [0.25, 0.3) is 11.3 Å². The number of benzene rings is 2. The molecule has 0 saturated heterocycles. The van der Waals surface area contributed by atoms with Crippen molar-refractivity contribution >= 4 is 21.9 Å². The highest BCUT2D eigenvalue weighted by atomic mass is 79.9. The van der Waals surface area contributed by atoms with Crippen LogP contribution in [0.5, 0.6) is 0 Å². The standard InChI is InChI=1S/C24H19BrFNO3/c25-20-7-3-6-18(12-20)23-14-21(30-27-23)15-29-24(28)19-11-10-17(22(26)13-19)9-8-16-4-1-2-5-16/h3,6-7,10-14,16H,1-2,4-5,15H2. The van der Waals surface area contributed by atoms with Crippen LogP contribution in [-0.2, 0) is 11.3 Å². The topological polar surface area (TPSA) is 52.3 Å². The van der Waals surface area contributed by atoms with Crippen LogP contribution in [0.3, 0.4) is 0 Å². The number of carbonyl (C=O) groups excluding carboxylic acids is 1. The van der Waals surface area contributed by atoms with Gasteiger partial charge in [0.2, 0.25) is 0 Å². The molecule has 2 aromatic carbocycles. The average Bonchev–Trinajstić information content (AvgIpc) is 3.43. The second-order valence-electron chi connectivity index (χ2n) is 7.21. The highest BCUT2D eigenvalue weighted by Crippen LogP contribution is 2.24. The first-order valence-electron chi connectivity index (χ1n) is 9.78. The molecule has 0 aliphatic heterocycles. The average molecular weight is 468 g/mol. The third kappa shape index (κ3) is 4.98. The minimum Gasteiger partial charge on any atom is -0.454 e. The highest BCUT2D eigenvalue weighted by molar-refractivity contribution is 9.10. The molecule has 0 N–H and O–H groups in total. The van der Waals surface area contributed by atoms with Gasteiger partial charge in [0, 0.05) is 22.0 Å². The molecule has 0 spiro atoms. The number of hydrogen-bond donors (Lipinski definition) is 0. The fourth-order valence-electron chi connectivity index (χ4n) is 3.38. The number of aromatic nitrogens is 1. The van der Waals surface area contributed by atoms with Crippen molar-refractivity contribution in [3.8, 4) is 23.1 Å². The molecule has 0 unspecified atom stereocenters. The van der Waals surface area contributed by atoms with Gasteiger partial charge < -0.3 is 9.26 Å². The number of carbonyl (C=O) groups is 1. The summed E-state index contributed by atoms with van der Waals surface area (Å²) in [4.78, 5) is 12.3. The molecule has 6 heteroatoms. The molecular formula is C24H19BrFNO3. The number of hydrogen-bond acceptors (Lipinski definition) is 4. The first kappa shape index (κ1) is 20.4. The van der Waals surface area contributed by atoms with E-state index in [1.54, 1.807) is 6.07 Å². The van der Waals surface area contributed by atoms with Gasteiger partial charge in [0.15, 0.2) is 12.4 Å². The minimum atomic E-state index is -0.635. The predicted molar refractivity (Wildman–Crippen MR) is 114 cm³/mol. The SMILES string of the molecule is O=C(OCc1cc(-c2cccc(Br)c2)no1)c1ccc(C#CC2CCCC2)c(F)c1. The van der Waals surface area contributed by atoms with Gasteiger partial charge in [0.25, 0.3) is 0 Å². The Morgan fingerprint density at radius 1 is 1.20 bits per heavy atom. The zero-order chi connectivity index (χ0) is 20.9. The third-order valence-electron chi connectivity index (χ3n) is 5.00. The van der Waals surface area contributed by atoms with Crippen molar-refractivity contribution in [2.45, 2.75) is 32.3 Å². The summed E-state index contributed by atoms with van der Waals surface area (Å²) in [5.41, 5.74) is 1.94. The first-order valence-corrected chi connectivity index (χ1v) is 10.6. The van der Waals surface area contributed by atoms with Gasteiger partial charge in [0.1, 0.15) is 11.5 Å². The Balaban J connectivity index is 1.38. The van der Waals surface area contributed by atoms with Crippen molar-refractivity contribution < 1.29 is 18.4 Å². The second kappa shape index (κ2) is 9.27. The molecule has 4 rings (SSSR count). The lowest BCUT2D eigenvalue weighted by atomic mass is 10.1. The maximum Gasteiger partial charge on any atom is 0.338 e. The molecule has 0 amide bonds. The molecule has 0 atom stereocenters. The van der Waals surface area contributed by atoms with Gasteiger partial charge >= 0.3 is 5.97 Å². The van der Waals surface area contributed by atoms with Gasteiger partial charge in [-0.2, -0.15) is 0 Å². The van der Waals surface area contributed by atoms with Crippen LogP contribution in [0.4, 0.5) is 4.39 Å². The Morgan fingerprint density at radius 3 is 2.80 bits per heavy atom. The summed E-state index contributed by atoms with van der Waals surface area (Å²) >= 11 is 3.41. The lowest BCUT2D eigenvalue weighted by Gasteiger charge is -2.04. The molecule has 1 aromatic heterocycles. The smallest absolute Gasteiger partial charge is 0.338 e. The van der Waals surface area contributed by atoms with Crippen LogP contribution in [0.1, 0.15) is 47.4 Å². The number of esters is 1. The van der Waals surface area contributed by atoms with Crippen molar-refractivity contribution in [1.82, 2.24) is 5.16 Å². The summed E-state index contributed by atoms with van der Waals surface area (Å²) < 4.78 is 25.7. The molecule has 0 radical (unpaired) electrons. The largest absolute Gasteiger partial charge is 0.454 e. The van der Waals surface area contributed by atoms with E-state index in [1.165, 1.54) is 25.0 Å². The lowest BCUT2D eigenvalue weighted by Crippen LogP contribution is -2.05. The summed E-state index contributed by atoms with van der Waals surface area (Å²) in [6.45, 7) is -0.0926. The molecule has 1 fully saturated rings. The van der Waals surface area contributed by atoms with E-state index in [0.717, 1.165) is 28.9 Å². The van der Waals surface area contributed by atoms with Crippen LogP contribution in [-0.4, -0.2) is 11.1 Å². The van der Waals surface area contributed by atoms with Gasteiger partial charge in [0.05, 0.1) is 11.1 Å². The molecule has 30 heavy (non-hydrogen) atoms. The van der Waals surface area contributed by atoms with E-state index in [-0.39, 0.29) is 12.2 Å². The summed E-state index contributed by atoms with van der Waals surface area (Å²) in [6, 6.07) is 13.5. The zero-order valence-corrected chi connectivity index (χ0v) is 17.7. The summed E-state index contributed by atoms with van der Waals surface area (Å²) in [5, 5.41) is 3.99. The molecule has 1 aliphatic carbocycles. The monoisotopic (exact) mass is 467 g/mol. The first-order chi connectivity index (χ1) is 14.6. The number of rotatable bonds is 4. The van der Waals surface area contributed by atoms with Crippen molar-refractivity contribution in [1.29, 1.82) is 0 Å². The van der Waals surface area contributed by atoms with Crippen molar-refractivity contribution in [2.24, 2.45) is 5.92 Å². The molecule has 152 valence electrons. The van der Waals surface area contributed by atoms with Crippen molar-refractivity contribution in [2.75, 3.05) is 0 Å². The number of nitrogens with zero attached hydrogens (tertiary/aromatic N) is 1. The molecule has 0 bridgehead atoms. The van der Waals surface area contributed by atoms with Crippen molar-refractivity contribution in [3.63, 3.8) is 0 Å². The molecular weight excluding hydrogens is 449 g/mol. The number of halogens is 2. The van der Waals surface area contributed by atoms with E-state index < -0.39 is 11.8 Å².